The second-order valence-corrected chi connectivity index (χ2v) is 11.4. The molecule has 2 aliphatic rings. The van der Waals surface area contributed by atoms with Crippen molar-refractivity contribution in [3.05, 3.63) is 69.9 Å². The summed E-state index contributed by atoms with van der Waals surface area (Å²) in [6.45, 7) is -0.0256. The van der Waals surface area contributed by atoms with Crippen LogP contribution in [-0.4, -0.2) is 93.8 Å². The van der Waals surface area contributed by atoms with E-state index in [-0.39, 0.29) is 31.0 Å². The molecule has 2 atom stereocenters. The molecule has 12 nitrogen and oxygen atoms in total. The van der Waals surface area contributed by atoms with Crippen LogP contribution in [0.5, 0.6) is 5.75 Å². The topological polar surface area (TPSA) is 135 Å². The molecular weight excluding hydrogens is 652 g/mol. The van der Waals surface area contributed by atoms with Gasteiger partial charge >= 0.3 is 12.4 Å². The van der Waals surface area contributed by atoms with Gasteiger partial charge < -0.3 is 29.7 Å². The van der Waals surface area contributed by atoms with Crippen LogP contribution in [0.15, 0.2) is 47.7 Å². The summed E-state index contributed by atoms with van der Waals surface area (Å²) >= 11 is 0. The fraction of sp³-hybridized carbons (Fsp3) is 0.500. The smallest absolute Gasteiger partial charge is 0.423 e. The third-order valence-electron chi connectivity index (χ3n) is 8.24. The number of likely N-dealkylation sites (tertiary alicyclic amines) is 1. The van der Waals surface area contributed by atoms with E-state index in [2.05, 4.69) is 20.4 Å². The van der Waals surface area contributed by atoms with Gasteiger partial charge in [0, 0.05) is 44.5 Å². The zero-order chi connectivity index (χ0) is 34.6. The summed E-state index contributed by atoms with van der Waals surface area (Å²) in [5, 5.41) is 16.3. The predicted molar refractivity (Wildman–Crippen MR) is 158 cm³/mol. The largest absolute Gasteiger partial charge is 0.497 e. The third kappa shape index (κ3) is 7.98. The highest BCUT2D eigenvalue weighted by atomic mass is 19.4. The maximum atomic E-state index is 14.1. The van der Waals surface area contributed by atoms with E-state index in [4.69, 9.17) is 9.47 Å². The molecule has 1 aromatic carbocycles. The van der Waals surface area contributed by atoms with E-state index < -0.39 is 53.5 Å². The zero-order valence-electron chi connectivity index (χ0n) is 25.7. The average molecular weight is 686 g/mol. The fourth-order valence-corrected chi connectivity index (χ4v) is 5.68. The molecule has 2 saturated heterocycles. The van der Waals surface area contributed by atoms with Crippen LogP contribution >= 0.6 is 0 Å². The summed E-state index contributed by atoms with van der Waals surface area (Å²) in [6.07, 6.45) is -6.81. The van der Waals surface area contributed by atoms with Gasteiger partial charge in [-0.3, -0.25) is 9.59 Å². The van der Waals surface area contributed by atoms with Crippen LogP contribution in [0.1, 0.15) is 36.0 Å². The monoisotopic (exact) mass is 685 g/mol. The van der Waals surface area contributed by atoms with Gasteiger partial charge in [-0.25, -0.2) is 14.6 Å². The number of hydrogen-bond acceptors (Lipinski definition) is 10. The molecule has 0 spiro atoms. The number of rotatable bonds is 11. The Labute approximate surface area is 270 Å². The molecule has 260 valence electrons. The van der Waals surface area contributed by atoms with E-state index in [1.165, 1.54) is 7.11 Å². The number of carbonyl (C=O) groups excluding carboxylic acids is 1. The van der Waals surface area contributed by atoms with Crippen LogP contribution in [0.2, 0.25) is 0 Å². The first-order valence-corrected chi connectivity index (χ1v) is 15.0. The number of aliphatic hydroxyl groups excluding tert-OH is 1. The first-order valence-electron chi connectivity index (χ1n) is 15.0. The number of piperidine rings is 1. The molecule has 48 heavy (non-hydrogen) atoms. The van der Waals surface area contributed by atoms with Crippen LogP contribution in [-0.2, 0) is 28.4 Å². The van der Waals surface area contributed by atoms with Gasteiger partial charge in [-0.1, -0.05) is 12.1 Å². The van der Waals surface area contributed by atoms with E-state index in [0.717, 1.165) is 18.6 Å². The molecule has 0 saturated carbocycles. The first kappa shape index (κ1) is 34.9. The number of hydrogen-bond donors (Lipinski definition) is 2. The van der Waals surface area contributed by atoms with Gasteiger partial charge in [-0.15, -0.1) is 0 Å². The van der Waals surface area contributed by atoms with Gasteiger partial charge in [0.25, 0.3) is 11.5 Å². The first-order chi connectivity index (χ1) is 22.8. The highest BCUT2D eigenvalue weighted by Crippen LogP contribution is 2.33. The Hall–Kier alpha value is -4.45. The van der Waals surface area contributed by atoms with Crippen LogP contribution in [0.3, 0.4) is 0 Å². The lowest BCUT2D eigenvalue weighted by Crippen LogP contribution is -2.47. The summed E-state index contributed by atoms with van der Waals surface area (Å²) in [7, 11) is 1.47. The number of nitrogens with one attached hydrogen (secondary N) is 1. The quantitative estimate of drug-likeness (QED) is 0.290. The summed E-state index contributed by atoms with van der Waals surface area (Å²) in [5.41, 5.74) is -3.92. The summed E-state index contributed by atoms with van der Waals surface area (Å²) in [5.74, 6) is 0.389. The van der Waals surface area contributed by atoms with Crippen molar-refractivity contribution < 1.29 is 45.7 Å². The molecule has 5 rings (SSSR count). The summed E-state index contributed by atoms with van der Waals surface area (Å²) in [4.78, 5) is 37.1. The van der Waals surface area contributed by atoms with Crippen molar-refractivity contribution in [1.82, 2.24) is 24.6 Å². The minimum Gasteiger partial charge on any atom is -0.497 e. The van der Waals surface area contributed by atoms with Gasteiger partial charge in [-0.2, -0.15) is 31.4 Å². The van der Waals surface area contributed by atoms with E-state index in [0.29, 0.717) is 54.9 Å². The zero-order valence-corrected chi connectivity index (χ0v) is 25.7. The molecule has 3 aromatic rings. The van der Waals surface area contributed by atoms with E-state index in [9.17, 15) is 41.0 Å². The van der Waals surface area contributed by atoms with Gasteiger partial charge in [0.1, 0.15) is 17.4 Å². The predicted octanol–water partition coefficient (Wildman–Crippen LogP) is 3.19. The minimum atomic E-state index is -5.04. The van der Waals surface area contributed by atoms with Crippen molar-refractivity contribution in [3.8, 4) is 5.75 Å². The van der Waals surface area contributed by atoms with Gasteiger partial charge in [-0.05, 0) is 30.5 Å². The van der Waals surface area contributed by atoms with Crippen molar-refractivity contribution in [2.75, 3.05) is 50.2 Å². The second kappa shape index (κ2) is 14.3. The molecule has 18 heteroatoms. The standard InChI is InChI=1S/C30H33F6N7O5/c1-47-22-4-2-18(3-5-22)15-43-27(46)25(30(34,35)36)23(14-39-43)40-20(16-44)17-48-24-8-11-42(26(24)45)21-6-9-41(10-7-21)28-37-12-19(13-38-28)29(31,32)33/h2-5,12-14,20-21,24,40,44H,6-11,15-17H2,1H3/t20-,24+/m0/s1. The number of carbonyl (C=O) groups is 1. The number of aromatic nitrogens is 4. The Morgan fingerprint density at radius 1 is 0.958 bits per heavy atom. The summed E-state index contributed by atoms with van der Waals surface area (Å²) < 4.78 is 92.2. The molecule has 1 amide bonds. The molecule has 0 unspecified atom stereocenters. The number of amides is 1. The Kier molecular flexibility index (Phi) is 10.4. The molecule has 4 heterocycles. The molecule has 2 aliphatic heterocycles. The van der Waals surface area contributed by atoms with Gasteiger partial charge in [0.05, 0.1) is 50.4 Å². The van der Waals surface area contributed by atoms with Crippen LogP contribution in [0, 0.1) is 0 Å². The lowest BCUT2D eigenvalue weighted by atomic mass is 10.0. The van der Waals surface area contributed by atoms with E-state index in [1.807, 2.05) is 0 Å². The number of nitrogens with zero attached hydrogens (tertiary/aromatic N) is 6. The molecule has 0 radical (unpaired) electrons. The molecule has 2 aromatic heterocycles. The number of methoxy groups -OCH3 is 1. The molecule has 2 fully saturated rings. The maximum Gasteiger partial charge on any atom is 0.423 e. The lowest BCUT2D eigenvalue weighted by Gasteiger charge is -2.36. The minimum absolute atomic E-state index is 0.159. The lowest BCUT2D eigenvalue weighted by molar-refractivity contribution is -0.140. The van der Waals surface area contributed by atoms with Crippen LogP contribution < -0.4 is 20.5 Å². The number of benzene rings is 1. The third-order valence-corrected chi connectivity index (χ3v) is 8.24. The van der Waals surface area contributed by atoms with Gasteiger partial charge in [0.2, 0.25) is 5.95 Å². The number of halogens is 6. The van der Waals surface area contributed by atoms with Crippen LogP contribution in [0.4, 0.5) is 38.0 Å². The highest BCUT2D eigenvalue weighted by Gasteiger charge is 2.40. The number of ether oxygens (including phenoxy) is 2. The van der Waals surface area contributed by atoms with Crippen molar-refractivity contribution in [1.29, 1.82) is 0 Å². The SMILES string of the molecule is COc1ccc(Cn2ncc(N[C@@H](CO)CO[C@@H]3CCN(C4CCN(c5ncc(C(F)(F)F)cn5)CC4)C3=O)c(C(F)(F)F)c2=O)cc1. The molecule has 2 N–H and O–H groups in total. The second-order valence-electron chi connectivity index (χ2n) is 11.4. The van der Waals surface area contributed by atoms with Crippen molar-refractivity contribution in [2.45, 2.75) is 56.3 Å². The summed E-state index contributed by atoms with van der Waals surface area (Å²) in [6, 6.07) is 5.14. The van der Waals surface area contributed by atoms with Crippen LogP contribution in [0.25, 0.3) is 0 Å². The van der Waals surface area contributed by atoms with Crippen molar-refractivity contribution in [3.63, 3.8) is 0 Å². The van der Waals surface area contributed by atoms with Gasteiger partial charge in [0.15, 0.2) is 0 Å². The average Bonchev–Trinajstić information content (AvgIpc) is 3.43. The highest BCUT2D eigenvalue weighted by molar-refractivity contribution is 5.83. The maximum absolute atomic E-state index is 14.1. The van der Waals surface area contributed by atoms with Crippen molar-refractivity contribution >= 4 is 17.5 Å². The Bertz CT molecular complexity index is 1610. The fourth-order valence-electron chi connectivity index (χ4n) is 5.68. The Morgan fingerprint density at radius 2 is 1.62 bits per heavy atom. The molecule has 0 bridgehead atoms. The van der Waals surface area contributed by atoms with Crippen molar-refractivity contribution in [2.24, 2.45) is 0 Å². The van der Waals surface area contributed by atoms with E-state index >= 15 is 0 Å². The number of aliphatic hydroxyl groups is 1. The number of anilines is 2. The Balaban J connectivity index is 1.17. The molecule has 0 aliphatic carbocycles. The van der Waals surface area contributed by atoms with E-state index in [1.54, 1.807) is 34.1 Å². The molecular formula is C30H33F6N7O5. The number of alkyl halides is 6. The Morgan fingerprint density at radius 3 is 2.21 bits per heavy atom. The normalized spacial score (nSPS) is 18.3.